The topological polar surface area (TPSA) is 81.8 Å². The maximum absolute atomic E-state index is 11.4. The lowest BCUT2D eigenvalue weighted by Crippen LogP contribution is -2.25. The van der Waals surface area contributed by atoms with Crippen molar-refractivity contribution in [3.05, 3.63) is 63.2 Å². The molecular formula is C23H26N2O4. The summed E-state index contributed by atoms with van der Waals surface area (Å²) in [4.78, 5) is 26.9. The van der Waals surface area contributed by atoms with E-state index in [4.69, 9.17) is 4.84 Å². The van der Waals surface area contributed by atoms with Gasteiger partial charge in [-0.1, -0.05) is 44.0 Å². The second-order valence-electron chi connectivity index (χ2n) is 7.59. The van der Waals surface area contributed by atoms with Crippen molar-refractivity contribution in [1.82, 2.24) is 0 Å². The van der Waals surface area contributed by atoms with Crippen molar-refractivity contribution >= 4 is 17.4 Å². The number of benzene rings is 2. The average Bonchev–Trinajstić information content (AvgIpc) is 2.95. The van der Waals surface area contributed by atoms with Crippen molar-refractivity contribution < 1.29 is 14.6 Å². The number of rotatable bonds is 7. The molecule has 0 saturated heterocycles. The molecule has 29 heavy (non-hydrogen) atoms. The van der Waals surface area contributed by atoms with E-state index in [9.17, 15) is 14.9 Å². The molecule has 0 bridgehead atoms. The van der Waals surface area contributed by atoms with Gasteiger partial charge < -0.3 is 4.84 Å². The zero-order valence-corrected chi connectivity index (χ0v) is 17.3. The molecule has 2 aromatic carbocycles. The monoisotopic (exact) mass is 394 g/mol. The Balaban J connectivity index is 2.21. The van der Waals surface area contributed by atoms with E-state index < -0.39 is 5.97 Å². The van der Waals surface area contributed by atoms with E-state index >= 15 is 0 Å². The van der Waals surface area contributed by atoms with Gasteiger partial charge in [-0.2, -0.15) is 0 Å². The maximum Gasteiger partial charge on any atom is 0.331 e. The van der Waals surface area contributed by atoms with Gasteiger partial charge in [-0.25, -0.2) is 4.79 Å². The highest BCUT2D eigenvalue weighted by Gasteiger charge is 2.42. The molecule has 0 heterocycles. The number of non-ortho nitro benzene ring substituents is 1. The van der Waals surface area contributed by atoms with Crippen LogP contribution in [0, 0.1) is 10.1 Å². The summed E-state index contributed by atoms with van der Waals surface area (Å²) in [6, 6.07) is 11.3. The van der Waals surface area contributed by atoms with E-state index in [1.807, 2.05) is 12.1 Å². The molecule has 0 N–H and O–H groups in total. The molecule has 0 spiro atoms. The molecule has 0 aromatic heterocycles. The van der Waals surface area contributed by atoms with Gasteiger partial charge in [-0.15, -0.1) is 0 Å². The zero-order chi connectivity index (χ0) is 21.2. The van der Waals surface area contributed by atoms with Gasteiger partial charge in [0.15, 0.2) is 0 Å². The third-order valence-corrected chi connectivity index (χ3v) is 5.64. The minimum absolute atomic E-state index is 0.126. The minimum atomic E-state index is -0.465. The van der Waals surface area contributed by atoms with E-state index in [1.165, 1.54) is 12.5 Å². The number of oxime groups is 1. The second-order valence-corrected chi connectivity index (χ2v) is 7.59. The lowest BCUT2D eigenvalue weighted by molar-refractivity contribution is -0.384. The van der Waals surface area contributed by atoms with Gasteiger partial charge in [0.25, 0.3) is 5.69 Å². The lowest BCUT2D eigenvalue weighted by Gasteiger charge is -2.31. The molecule has 1 aliphatic carbocycles. The molecule has 0 radical (unpaired) electrons. The summed E-state index contributed by atoms with van der Waals surface area (Å²) in [7, 11) is 0. The molecule has 0 amide bonds. The highest BCUT2D eigenvalue weighted by Crippen LogP contribution is 2.54. The van der Waals surface area contributed by atoms with E-state index in [0.717, 1.165) is 47.9 Å². The summed E-state index contributed by atoms with van der Waals surface area (Å²) in [6.07, 6.45) is 3.83. The second kappa shape index (κ2) is 8.15. The Morgan fingerprint density at radius 3 is 2.31 bits per heavy atom. The van der Waals surface area contributed by atoms with Crippen molar-refractivity contribution in [2.75, 3.05) is 0 Å². The predicted octanol–water partition coefficient (Wildman–Crippen LogP) is 5.75. The Kier molecular flexibility index (Phi) is 5.82. The van der Waals surface area contributed by atoms with Crippen LogP contribution in [0.4, 0.5) is 5.69 Å². The largest absolute Gasteiger partial charge is 0.331 e. The Morgan fingerprint density at radius 1 is 1.03 bits per heavy atom. The molecule has 0 atom stereocenters. The van der Waals surface area contributed by atoms with Crippen molar-refractivity contribution in [1.29, 1.82) is 0 Å². The number of carbonyl (C=O) groups excluding carboxylic acids is 1. The highest BCUT2D eigenvalue weighted by molar-refractivity contribution is 6.00. The summed E-state index contributed by atoms with van der Waals surface area (Å²) in [5, 5.41) is 15.3. The molecule has 0 saturated carbocycles. The predicted molar refractivity (Wildman–Crippen MR) is 113 cm³/mol. The Bertz CT molecular complexity index is 988. The average molecular weight is 394 g/mol. The number of hydrogen-bond donors (Lipinski definition) is 0. The van der Waals surface area contributed by atoms with Crippen LogP contribution in [0.1, 0.15) is 70.1 Å². The Hall–Kier alpha value is -3.02. The molecule has 152 valence electrons. The molecule has 2 aromatic rings. The quantitative estimate of drug-likeness (QED) is 0.259. The van der Waals surface area contributed by atoms with Crippen LogP contribution >= 0.6 is 0 Å². The van der Waals surface area contributed by atoms with Crippen LogP contribution in [0.5, 0.6) is 0 Å². The summed E-state index contributed by atoms with van der Waals surface area (Å²) in [5.74, 6) is -0.465. The fourth-order valence-electron chi connectivity index (χ4n) is 4.53. The van der Waals surface area contributed by atoms with Crippen molar-refractivity contribution in [3.8, 4) is 11.1 Å². The number of nitrogens with zero attached hydrogens (tertiary/aromatic N) is 2. The first kappa shape index (κ1) is 20.7. The normalized spacial score (nSPS) is 14.3. The number of carbonyl (C=O) groups is 1. The Morgan fingerprint density at radius 2 is 1.72 bits per heavy atom. The van der Waals surface area contributed by atoms with Crippen molar-refractivity contribution in [2.45, 2.75) is 58.8 Å². The van der Waals surface area contributed by atoms with Crippen LogP contribution in [0.25, 0.3) is 11.1 Å². The molecule has 6 nitrogen and oxygen atoms in total. The number of fused-ring (bicyclic) bond motifs is 3. The van der Waals surface area contributed by atoms with Crippen LogP contribution in [0.15, 0.2) is 41.6 Å². The van der Waals surface area contributed by atoms with E-state index in [1.54, 1.807) is 19.1 Å². The van der Waals surface area contributed by atoms with Crippen LogP contribution in [-0.4, -0.2) is 16.6 Å². The van der Waals surface area contributed by atoms with Crippen LogP contribution < -0.4 is 0 Å². The van der Waals surface area contributed by atoms with Gasteiger partial charge in [0, 0.05) is 24.5 Å². The molecule has 6 heteroatoms. The summed E-state index contributed by atoms with van der Waals surface area (Å²) in [5.41, 5.74) is 5.73. The van der Waals surface area contributed by atoms with E-state index in [-0.39, 0.29) is 16.0 Å². The zero-order valence-electron chi connectivity index (χ0n) is 17.3. The molecule has 0 fully saturated rings. The van der Waals surface area contributed by atoms with Gasteiger partial charge in [-0.05, 0) is 59.7 Å². The first-order chi connectivity index (χ1) is 13.8. The minimum Gasteiger partial charge on any atom is -0.318 e. The molecular weight excluding hydrogens is 368 g/mol. The summed E-state index contributed by atoms with van der Waals surface area (Å²) in [6.45, 7) is 7.40. The molecule has 0 unspecified atom stereocenters. The SMILES string of the molecule is CCCC1(CCC)c2ccc(/C(C)=N\OC(C)=O)cc2-c2ccc([N+](=O)[O-])cc21. The van der Waals surface area contributed by atoms with Crippen LogP contribution in [0.3, 0.4) is 0 Å². The highest BCUT2D eigenvalue weighted by atomic mass is 16.7. The smallest absolute Gasteiger partial charge is 0.318 e. The fourth-order valence-corrected chi connectivity index (χ4v) is 4.53. The van der Waals surface area contributed by atoms with Gasteiger partial charge >= 0.3 is 5.97 Å². The van der Waals surface area contributed by atoms with Gasteiger partial charge in [0.2, 0.25) is 0 Å². The maximum atomic E-state index is 11.4. The number of nitro benzene ring substituents is 1. The summed E-state index contributed by atoms with van der Waals surface area (Å²) < 4.78 is 0. The number of hydrogen-bond acceptors (Lipinski definition) is 5. The van der Waals surface area contributed by atoms with E-state index in [2.05, 4.69) is 31.1 Å². The third kappa shape index (κ3) is 3.67. The van der Waals surface area contributed by atoms with Crippen LogP contribution in [-0.2, 0) is 15.0 Å². The fraction of sp³-hybridized carbons (Fsp3) is 0.391. The third-order valence-electron chi connectivity index (χ3n) is 5.64. The molecule has 0 aliphatic heterocycles. The lowest BCUT2D eigenvalue weighted by atomic mass is 9.71. The van der Waals surface area contributed by atoms with Crippen LogP contribution in [0.2, 0.25) is 0 Å². The first-order valence-corrected chi connectivity index (χ1v) is 10.0. The molecule has 1 aliphatic rings. The number of nitro groups is 1. The molecule has 3 rings (SSSR count). The first-order valence-electron chi connectivity index (χ1n) is 10.0. The van der Waals surface area contributed by atoms with Gasteiger partial charge in [-0.3, -0.25) is 10.1 Å². The summed E-state index contributed by atoms with van der Waals surface area (Å²) >= 11 is 0. The standard InChI is InChI=1S/C23H26N2O4/c1-5-11-23(12-6-2)21-10-7-17(15(3)24-29-16(4)26)13-20(21)19-9-8-18(25(27)28)14-22(19)23/h7-10,13-14H,5-6,11-12H2,1-4H3/b24-15-. The van der Waals surface area contributed by atoms with Gasteiger partial charge in [0.05, 0.1) is 10.6 Å². The van der Waals surface area contributed by atoms with E-state index in [0.29, 0.717) is 5.71 Å². The van der Waals surface area contributed by atoms with Crippen molar-refractivity contribution in [2.24, 2.45) is 5.16 Å². The van der Waals surface area contributed by atoms with Crippen molar-refractivity contribution in [3.63, 3.8) is 0 Å². The van der Waals surface area contributed by atoms with Gasteiger partial charge in [0.1, 0.15) is 0 Å². The Labute approximate surface area is 170 Å².